The van der Waals surface area contributed by atoms with E-state index in [1.807, 2.05) is 0 Å². The number of benzene rings is 5. The van der Waals surface area contributed by atoms with Gasteiger partial charge in [0.1, 0.15) is 48.4 Å². The third-order valence-corrected chi connectivity index (χ3v) is 19.6. The molecule has 11 heteroatoms. The smallest absolute Gasteiger partial charge is 0.145 e. The summed E-state index contributed by atoms with van der Waals surface area (Å²) < 4.78 is 28.9. The number of hydrogen-bond acceptors (Lipinski definition) is 6. The van der Waals surface area contributed by atoms with Crippen LogP contribution >= 0.6 is 0 Å². The number of H-pyrrole nitrogens is 2. The van der Waals surface area contributed by atoms with Gasteiger partial charge in [0, 0.05) is 61.0 Å². The summed E-state index contributed by atoms with van der Waals surface area (Å²) in [5.74, 6) is 4.33. The van der Waals surface area contributed by atoms with Crippen LogP contribution in [0.4, 0.5) is 0 Å². The van der Waals surface area contributed by atoms with Crippen molar-refractivity contribution in [2.75, 3.05) is 83.2 Å². The van der Waals surface area contributed by atoms with E-state index >= 15 is 0 Å². The predicted molar refractivity (Wildman–Crippen MR) is 437 cm³/mol. The van der Waals surface area contributed by atoms with Crippen molar-refractivity contribution in [3.05, 3.63) is 173 Å². The molecule has 8 aromatic rings. The molecule has 0 saturated carbocycles. The summed E-state index contributed by atoms with van der Waals surface area (Å²) in [5.41, 5.74) is 18.9. The molecule has 5 aromatic carbocycles. The van der Waals surface area contributed by atoms with Gasteiger partial charge in [-0.3, -0.25) is 0 Å². The second kappa shape index (κ2) is 38.0. The number of aromatic nitrogens is 4. The highest BCUT2D eigenvalue weighted by atomic mass is 16.5. The zero-order valence-corrected chi connectivity index (χ0v) is 65.1. The maximum absolute atomic E-state index is 7.23. The number of hydrogen-bond donors (Lipinski definition) is 2. The van der Waals surface area contributed by atoms with Gasteiger partial charge in [-0.15, -0.1) is 0 Å². The van der Waals surface area contributed by atoms with Gasteiger partial charge in [0.05, 0.1) is 106 Å². The maximum Gasteiger partial charge on any atom is 0.145 e. The third kappa shape index (κ3) is 23.4. The van der Waals surface area contributed by atoms with Crippen LogP contribution in [-0.2, 0) is 19.6 Å². The summed E-state index contributed by atoms with van der Waals surface area (Å²) in [6, 6.07) is 48.1. The molecule has 0 atom stereocenters. The minimum atomic E-state index is 0.701. The van der Waals surface area contributed by atoms with E-state index in [1.54, 1.807) is 0 Å². The molecule has 548 valence electrons. The Balaban J connectivity index is 1.10. The van der Waals surface area contributed by atoms with Crippen LogP contribution in [0.2, 0.25) is 0 Å². The molecule has 0 unspecified atom stereocenters. The van der Waals surface area contributed by atoms with Crippen LogP contribution in [-0.4, -0.2) is 117 Å². The minimum Gasteiger partial charge on any atom is -0.494 e. The van der Waals surface area contributed by atoms with Crippen LogP contribution in [0.5, 0.6) is 28.7 Å². The third-order valence-electron chi connectivity index (χ3n) is 19.6. The van der Waals surface area contributed by atoms with Gasteiger partial charge in [0.25, 0.3) is 0 Å². The van der Waals surface area contributed by atoms with Crippen LogP contribution in [0, 0.1) is 0 Å². The molecule has 0 radical (unpaired) electrons. The second-order valence-corrected chi connectivity index (χ2v) is 32.3. The van der Waals surface area contributed by atoms with Gasteiger partial charge in [0.15, 0.2) is 0 Å². The van der Waals surface area contributed by atoms with Gasteiger partial charge in [-0.05, 0) is 151 Å². The molecule has 103 heavy (non-hydrogen) atoms. The molecule has 5 heterocycles. The fraction of sp³-hybridized carbons (Fsp3) is 0.457. The van der Waals surface area contributed by atoms with Gasteiger partial charge < -0.3 is 42.4 Å². The Morgan fingerprint density at radius 2 is 0.544 bits per heavy atom. The molecule has 0 saturated heterocycles. The average molecular weight is 1390 g/mol. The lowest BCUT2D eigenvalue weighted by atomic mass is 10.0. The number of nitrogens with zero attached hydrogens (tertiary/aromatic N) is 5. The predicted octanol–water partition coefficient (Wildman–Crippen LogP) is 24.3. The summed E-state index contributed by atoms with van der Waals surface area (Å²) in [5, 5.41) is 0. The van der Waals surface area contributed by atoms with Crippen molar-refractivity contribution in [3.63, 3.8) is 0 Å². The molecule has 10 rings (SSSR count). The van der Waals surface area contributed by atoms with Gasteiger partial charge in [-0.2, -0.15) is 0 Å². The van der Waals surface area contributed by atoms with Gasteiger partial charge in [-0.1, -0.05) is 204 Å². The van der Waals surface area contributed by atoms with E-state index in [0.717, 1.165) is 170 Å². The number of quaternary nitrogens is 3. The molecular weight excluding hydrogens is 1270 g/mol. The summed E-state index contributed by atoms with van der Waals surface area (Å²) in [6.07, 6.45) is 39.0. The van der Waals surface area contributed by atoms with Crippen molar-refractivity contribution in [2.24, 2.45) is 0 Å². The van der Waals surface area contributed by atoms with Gasteiger partial charge >= 0.3 is 0 Å². The molecule has 0 spiro atoms. The number of unbranched alkanes of at least 4 members (excludes halogenated alkanes) is 21. The monoisotopic (exact) mass is 1390 g/mol. The molecule has 0 fully saturated rings. The quantitative estimate of drug-likeness (QED) is 0.0292. The molecule has 8 bridgehead atoms. The van der Waals surface area contributed by atoms with E-state index in [4.69, 9.17) is 28.9 Å². The van der Waals surface area contributed by atoms with Crippen molar-refractivity contribution < 1.29 is 32.4 Å². The highest BCUT2D eigenvalue weighted by Crippen LogP contribution is 2.42. The van der Waals surface area contributed by atoms with Crippen LogP contribution in [0.15, 0.2) is 133 Å². The highest BCUT2D eigenvalue weighted by Gasteiger charge is 2.26. The Morgan fingerprint density at radius 1 is 0.291 bits per heavy atom. The molecule has 11 nitrogen and oxygen atoms in total. The van der Waals surface area contributed by atoms with E-state index in [0.29, 0.717) is 19.8 Å². The summed E-state index contributed by atoms with van der Waals surface area (Å²) >= 11 is 0. The van der Waals surface area contributed by atoms with Gasteiger partial charge in [-0.25, -0.2) is 9.97 Å². The highest BCUT2D eigenvalue weighted by molar-refractivity contribution is 6.00. The molecule has 3 aromatic heterocycles. The fourth-order valence-corrected chi connectivity index (χ4v) is 14.5. The Bertz CT molecular complexity index is 4090. The zero-order valence-electron chi connectivity index (χ0n) is 65.1. The second-order valence-electron chi connectivity index (χ2n) is 32.3. The maximum atomic E-state index is 7.23. The SMILES string of the molecule is CCCCCCCCCCOc1ccc(-c2c3nc(c(-c4ccc(OCCCCCCCCCC)cc4)c4ccc([nH]4)c(-c4ccc(Oc5c(C[N+](C)(C)C)cc(C[N+](C)(C)C)cc5C[N+](C)(C)C)cc4)c4nc(c(-c5ccc(OCCCCCCCCCC)cc5)c5ccc2[nH]5)C=C4)C=C3)cc1. The molecule has 0 aliphatic carbocycles. The first-order valence-electron chi connectivity index (χ1n) is 39.5. The van der Waals surface area contributed by atoms with Crippen LogP contribution in [0.3, 0.4) is 0 Å². The van der Waals surface area contributed by atoms with Crippen molar-refractivity contribution in [1.29, 1.82) is 0 Å². The number of aromatic amines is 2. The van der Waals surface area contributed by atoms with Crippen molar-refractivity contribution in [2.45, 2.75) is 195 Å². The van der Waals surface area contributed by atoms with E-state index in [1.165, 1.54) is 152 Å². The molecular formula is C92H124N7O4+3. The summed E-state index contributed by atoms with van der Waals surface area (Å²) in [4.78, 5) is 19.4. The number of rotatable bonds is 42. The first-order chi connectivity index (χ1) is 49.8. The van der Waals surface area contributed by atoms with E-state index < -0.39 is 0 Å². The van der Waals surface area contributed by atoms with Crippen molar-refractivity contribution in [1.82, 2.24) is 19.9 Å². The molecule has 2 aliphatic heterocycles. The van der Waals surface area contributed by atoms with E-state index in [2.05, 4.69) is 252 Å². The number of nitrogens with one attached hydrogen (secondary N) is 2. The largest absolute Gasteiger partial charge is 0.494 e. The normalized spacial score (nSPS) is 12.4. The van der Waals surface area contributed by atoms with Crippen LogP contribution < -0.4 is 18.9 Å². The summed E-state index contributed by atoms with van der Waals surface area (Å²) in [6.45, 7) is 11.5. The first kappa shape index (κ1) is 77.4. The van der Waals surface area contributed by atoms with Crippen molar-refractivity contribution >= 4 is 46.4 Å². The van der Waals surface area contributed by atoms with E-state index in [-0.39, 0.29) is 0 Å². The lowest BCUT2D eigenvalue weighted by Gasteiger charge is -2.30. The Kier molecular flexibility index (Phi) is 28.5. The molecule has 2 N–H and O–H groups in total. The number of ether oxygens (including phenoxy) is 4. The lowest BCUT2D eigenvalue weighted by molar-refractivity contribution is -0.885. The minimum absolute atomic E-state index is 0.701. The topological polar surface area (TPSA) is 94.3 Å². The fourth-order valence-electron chi connectivity index (χ4n) is 14.5. The molecule has 2 aliphatic rings. The first-order valence-corrected chi connectivity index (χ1v) is 39.5. The Labute approximate surface area is 619 Å². The average Bonchev–Trinajstić information content (AvgIpc) is 1.63. The van der Waals surface area contributed by atoms with E-state index in [9.17, 15) is 0 Å². The zero-order chi connectivity index (χ0) is 72.6. The Morgan fingerprint density at radius 3 is 0.806 bits per heavy atom. The van der Waals surface area contributed by atoms with Crippen LogP contribution in [0.25, 0.3) is 90.9 Å². The molecule has 0 amide bonds. The van der Waals surface area contributed by atoms with Gasteiger partial charge in [0.2, 0.25) is 0 Å². The van der Waals surface area contributed by atoms with Crippen molar-refractivity contribution in [3.8, 4) is 73.3 Å². The lowest BCUT2D eigenvalue weighted by Crippen LogP contribution is -2.36. The Hall–Kier alpha value is -8.22. The standard InChI is InChI=1S/C92H124N7O4/c1-13-16-19-22-25-28-31-34-61-100-76-45-37-70(38-46-76)88-80-53-55-82(93-80)89(71-39-47-77(48-40-71)101-62-35-32-29-26-23-20-17-14-2)84-57-59-86(95-84)91(73-43-51-79(52-44-73)103-92-74(67-98(7,8)9)64-69(66-97(4,5)6)65-75(92)68-99(10,11)12)87-60-58-85(96-87)90(83-56-54-81(88)94-83)72-41-49-78(50-42-72)102-63-36-33-30-27-24-21-18-15-3/h37-60,64-65,93,96H,13-36,61-63,66-68H2,1-12H3/q+3. The number of fused-ring (bicyclic) bond motifs is 8. The van der Waals surface area contributed by atoms with Crippen LogP contribution in [0.1, 0.15) is 214 Å². The summed E-state index contributed by atoms with van der Waals surface area (Å²) in [7, 11) is 20.3.